The van der Waals surface area contributed by atoms with Crippen molar-refractivity contribution in [1.82, 2.24) is 0 Å². The van der Waals surface area contributed by atoms with Gasteiger partial charge in [0.25, 0.3) is 5.91 Å². The molecule has 0 atom stereocenters. The zero-order chi connectivity index (χ0) is 17.3. The van der Waals surface area contributed by atoms with Crippen LogP contribution >= 0.6 is 23.2 Å². The van der Waals surface area contributed by atoms with E-state index in [1.54, 1.807) is 12.1 Å². The van der Waals surface area contributed by atoms with Gasteiger partial charge in [0.2, 0.25) is 0 Å². The normalized spacial score (nSPS) is 13.3. The van der Waals surface area contributed by atoms with E-state index in [-0.39, 0.29) is 5.91 Å². The minimum absolute atomic E-state index is 0.304. The topological polar surface area (TPSA) is 47.6 Å². The highest BCUT2D eigenvalue weighted by Gasteiger charge is 2.19. The second kappa shape index (κ2) is 6.91. The predicted molar refractivity (Wildman–Crippen MR) is 95.9 cm³/mol. The third-order valence-corrected chi connectivity index (χ3v) is 4.31. The van der Waals surface area contributed by atoms with Gasteiger partial charge in [0.15, 0.2) is 11.5 Å². The van der Waals surface area contributed by atoms with Crippen LogP contribution in [0.4, 0.5) is 5.69 Å². The van der Waals surface area contributed by atoms with Gasteiger partial charge in [-0.3, -0.25) is 4.79 Å². The number of fused-ring (bicyclic) bond motifs is 1. The summed E-state index contributed by atoms with van der Waals surface area (Å²) >= 11 is 12.5. The summed E-state index contributed by atoms with van der Waals surface area (Å²) in [6, 6.07) is 6.98. The summed E-state index contributed by atoms with van der Waals surface area (Å²) in [6.45, 7) is 4.91. The molecule has 0 aromatic heterocycles. The number of carbonyl (C=O) groups excluding carboxylic acids is 1. The Hall–Kier alpha value is -1.91. The van der Waals surface area contributed by atoms with E-state index in [1.807, 2.05) is 26.0 Å². The molecule has 1 N–H and O–H groups in total. The number of halogens is 2. The Morgan fingerprint density at radius 2 is 1.79 bits per heavy atom. The molecule has 0 saturated heterocycles. The number of benzene rings is 2. The summed E-state index contributed by atoms with van der Waals surface area (Å²) < 4.78 is 11.2. The number of amides is 1. The van der Waals surface area contributed by atoms with Crippen LogP contribution in [0.5, 0.6) is 11.5 Å². The number of hydrogen-bond donors (Lipinski definition) is 1. The zero-order valence-electron chi connectivity index (χ0n) is 13.4. The lowest BCUT2D eigenvalue weighted by Gasteiger charge is -2.14. The van der Waals surface area contributed by atoms with Gasteiger partial charge in [0.05, 0.1) is 28.9 Å². The van der Waals surface area contributed by atoms with Crippen LogP contribution in [-0.4, -0.2) is 19.1 Å². The second-order valence-corrected chi connectivity index (χ2v) is 6.54. The fraction of sp³-hybridized carbons (Fsp3) is 0.278. The third kappa shape index (κ3) is 3.45. The molecular weight excluding hydrogens is 349 g/mol. The maximum atomic E-state index is 12.6. The van der Waals surface area contributed by atoms with Crippen molar-refractivity contribution < 1.29 is 14.3 Å². The van der Waals surface area contributed by atoms with Crippen molar-refractivity contribution in [2.24, 2.45) is 0 Å². The maximum absolute atomic E-state index is 12.6. The standard InChI is InChI=1S/C18H17Cl2NO3/c1-10-6-11(2)16(13(19)7-10)21-18(22)12-8-14(20)17-15(9-12)23-4-3-5-24-17/h6-9H,3-5H2,1-2H3,(H,21,22). The first-order valence-electron chi connectivity index (χ1n) is 7.63. The first-order chi connectivity index (χ1) is 11.5. The Morgan fingerprint density at radius 1 is 1.04 bits per heavy atom. The molecule has 6 heteroatoms. The molecule has 2 aromatic carbocycles. The summed E-state index contributed by atoms with van der Waals surface area (Å²) in [4.78, 5) is 12.6. The largest absolute Gasteiger partial charge is 0.489 e. The lowest BCUT2D eigenvalue weighted by Crippen LogP contribution is -2.13. The number of rotatable bonds is 2. The Labute approximate surface area is 150 Å². The van der Waals surface area contributed by atoms with Crippen molar-refractivity contribution in [2.75, 3.05) is 18.5 Å². The average molecular weight is 366 g/mol. The van der Waals surface area contributed by atoms with Crippen LogP contribution in [0.3, 0.4) is 0 Å². The highest BCUT2D eigenvalue weighted by Crippen LogP contribution is 2.38. The van der Waals surface area contributed by atoms with Gasteiger partial charge >= 0.3 is 0 Å². The first kappa shape index (κ1) is 16.9. The van der Waals surface area contributed by atoms with E-state index in [1.165, 1.54) is 0 Å². The smallest absolute Gasteiger partial charge is 0.255 e. The average Bonchev–Trinajstić information content (AvgIpc) is 2.76. The minimum Gasteiger partial charge on any atom is -0.489 e. The fourth-order valence-corrected chi connectivity index (χ4v) is 3.26. The molecule has 3 rings (SSSR count). The molecule has 0 fully saturated rings. The van der Waals surface area contributed by atoms with Gasteiger partial charge in [-0.2, -0.15) is 0 Å². The van der Waals surface area contributed by atoms with Gasteiger partial charge in [-0.15, -0.1) is 0 Å². The summed E-state index contributed by atoms with van der Waals surface area (Å²) in [5.41, 5.74) is 2.92. The molecule has 4 nitrogen and oxygen atoms in total. The van der Waals surface area contributed by atoms with E-state index >= 15 is 0 Å². The number of aryl methyl sites for hydroxylation is 2. The Balaban J connectivity index is 1.91. The first-order valence-corrected chi connectivity index (χ1v) is 8.38. The lowest BCUT2D eigenvalue weighted by molar-refractivity contribution is 0.102. The van der Waals surface area contributed by atoms with Crippen molar-refractivity contribution in [3.63, 3.8) is 0 Å². The number of hydrogen-bond acceptors (Lipinski definition) is 3. The molecule has 0 spiro atoms. The molecule has 0 radical (unpaired) electrons. The minimum atomic E-state index is -0.304. The van der Waals surface area contributed by atoms with Gasteiger partial charge in [0.1, 0.15) is 0 Å². The molecule has 1 amide bonds. The van der Waals surface area contributed by atoms with Crippen LogP contribution in [0.1, 0.15) is 27.9 Å². The molecule has 0 saturated carbocycles. The van der Waals surface area contributed by atoms with Gasteiger partial charge in [-0.25, -0.2) is 0 Å². The molecule has 0 unspecified atom stereocenters. The van der Waals surface area contributed by atoms with Crippen LogP contribution in [0.2, 0.25) is 10.0 Å². The molecule has 24 heavy (non-hydrogen) atoms. The van der Waals surface area contributed by atoms with Crippen LogP contribution in [-0.2, 0) is 0 Å². The molecule has 1 aliphatic heterocycles. The Kier molecular flexibility index (Phi) is 4.88. The molecule has 1 aliphatic rings. The summed E-state index contributed by atoms with van der Waals surface area (Å²) in [6.07, 6.45) is 0.769. The quantitative estimate of drug-likeness (QED) is 0.812. The Morgan fingerprint density at radius 3 is 2.54 bits per heavy atom. The summed E-state index contributed by atoms with van der Waals surface area (Å²) in [5, 5.41) is 3.70. The SMILES string of the molecule is Cc1cc(C)c(NC(=O)c2cc(Cl)c3c(c2)OCCCO3)c(Cl)c1. The van der Waals surface area contributed by atoms with Gasteiger partial charge in [0, 0.05) is 12.0 Å². The van der Waals surface area contributed by atoms with E-state index in [4.69, 9.17) is 32.7 Å². The lowest BCUT2D eigenvalue weighted by atomic mass is 10.1. The maximum Gasteiger partial charge on any atom is 0.255 e. The predicted octanol–water partition coefficient (Wildman–Crippen LogP) is 5.02. The van der Waals surface area contributed by atoms with Crippen molar-refractivity contribution in [1.29, 1.82) is 0 Å². The number of ether oxygens (including phenoxy) is 2. The monoisotopic (exact) mass is 365 g/mol. The van der Waals surface area contributed by atoms with E-state index in [0.717, 1.165) is 17.5 Å². The van der Waals surface area contributed by atoms with E-state index < -0.39 is 0 Å². The van der Waals surface area contributed by atoms with Crippen LogP contribution < -0.4 is 14.8 Å². The van der Waals surface area contributed by atoms with Crippen molar-refractivity contribution in [3.8, 4) is 11.5 Å². The van der Waals surface area contributed by atoms with Crippen molar-refractivity contribution in [3.05, 3.63) is 51.0 Å². The third-order valence-electron chi connectivity index (χ3n) is 3.73. The summed E-state index contributed by atoms with van der Waals surface area (Å²) in [7, 11) is 0. The van der Waals surface area contributed by atoms with Gasteiger partial charge < -0.3 is 14.8 Å². The molecule has 2 aromatic rings. The second-order valence-electron chi connectivity index (χ2n) is 5.73. The van der Waals surface area contributed by atoms with Crippen molar-refractivity contribution in [2.45, 2.75) is 20.3 Å². The van der Waals surface area contributed by atoms with Gasteiger partial charge in [-0.1, -0.05) is 29.3 Å². The van der Waals surface area contributed by atoms with E-state index in [9.17, 15) is 4.79 Å². The van der Waals surface area contributed by atoms with Crippen LogP contribution in [0.25, 0.3) is 0 Å². The van der Waals surface area contributed by atoms with Crippen LogP contribution in [0, 0.1) is 13.8 Å². The molecule has 126 valence electrons. The van der Waals surface area contributed by atoms with Gasteiger partial charge in [-0.05, 0) is 43.2 Å². The molecule has 1 heterocycles. The highest BCUT2D eigenvalue weighted by molar-refractivity contribution is 6.34. The summed E-state index contributed by atoms with van der Waals surface area (Å²) in [5.74, 6) is 0.661. The van der Waals surface area contributed by atoms with E-state index in [0.29, 0.717) is 46.0 Å². The van der Waals surface area contributed by atoms with Crippen molar-refractivity contribution >= 4 is 34.8 Å². The fourth-order valence-electron chi connectivity index (χ4n) is 2.62. The molecule has 0 bridgehead atoms. The zero-order valence-corrected chi connectivity index (χ0v) is 14.9. The highest BCUT2D eigenvalue weighted by atomic mass is 35.5. The number of nitrogens with one attached hydrogen (secondary N) is 1. The Bertz CT molecular complexity index is 782. The van der Waals surface area contributed by atoms with E-state index in [2.05, 4.69) is 5.32 Å². The number of carbonyl (C=O) groups is 1. The van der Waals surface area contributed by atoms with Crippen LogP contribution in [0.15, 0.2) is 24.3 Å². The molecule has 0 aliphatic carbocycles. The number of anilines is 1. The molecular formula is C18H17Cl2NO3.